The topological polar surface area (TPSA) is 186 Å². The van der Waals surface area contributed by atoms with E-state index in [-0.39, 0.29) is 34.5 Å². The molecule has 4 rings (SSSR count). The Morgan fingerprint density at radius 1 is 1.36 bits per heavy atom. The molecule has 0 aromatic carbocycles. The van der Waals surface area contributed by atoms with Crippen molar-refractivity contribution in [2.24, 2.45) is 0 Å². The molecule has 0 spiro atoms. The molecule has 4 heterocycles. The number of anilines is 1. The molecule has 4 atom stereocenters. The normalized spacial score (nSPS) is 24.7. The molecule has 0 bridgehead atoms. The van der Waals surface area contributed by atoms with Crippen LogP contribution in [0.2, 0.25) is 0 Å². The minimum absolute atomic E-state index is 0.0579. The summed E-state index contributed by atoms with van der Waals surface area (Å²) in [6.07, 6.45) is -1.71. The van der Waals surface area contributed by atoms with Gasteiger partial charge in [-0.15, -0.1) is 0 Å². The molecule has 1 aliphatic heterocycles. The van der Waals surface area contributed by atoms with E-state index in [2.05, 4.69) is 25.4 Å². The van der Waals surface area contributed by atoms with Gasteiger partial charge in [-0.1, -0.05) is 0 Å². The smallest absolute Gasteiger partial charge is 0.271 e. The van der Waals surface area contributed by atoms with Gasteiger partial charge in [0.15, 0.2) is 23.4 Å². The van der Waals surface area contributed by atoms with Gasteiger partial charge in [-0.3, -0.25) is 9.36 Å². The molecule has 3 aromatic rings. The van der Waals surface area contributed by atoms with Crippen LogP contribution in [0.1, 0.15) is 16.7 Å². The maximum absolute atomic E-state index is 11.7. The van der Waals surface area contributed by atoms with Crippen molar-refractivity contribution in [2.45, 2.75) is 24.5 Å². The fraction of sp³-hybridized carbons (Fsp3) is 0.400. The second-order valence-electron chi connectivity index (χ2n) is 6.19. The second-order valence-corrected chi connectivity index (χ2v) is 6.19. The number of nitrogens with two attached hydrogens (primary N) is 1. The fourth-order valence-electron chi connectivity index (χ4n) is 3.01. The lowest BCUT2D eigenvalue weighted by atomic mass is 10.1. The van der Waals surface area contributed by atoms with Crippen LogP contribution in [0.5, 0.6) is 0 Å². The molecule has 28 heavy (non-hydrogen) atoms. The Kier molecular flexibility index (Phi) is 4.43. The summed E-state index contributed by atoms with van der Waals surface area (Å²) in [6.45, 7) is -0.459. The van der Waals surface area contributed by atoms with Crippen molar-refractivity contribution in [3.8, 4) is 5.95 Å². The highest BCUT2D eigenvalue weighted by molar-refractivity contribution is 5.91. The predicted octanol–water partition coefficient (Wildman–Crippen LogP) is -2.43. The third-order valence-corrected chi connectivity index (χ3v) is 4.48. The minimum Gasteiger partial charge on any atom is -0.394 e. The van der Waals surface area contributed by atoms with Crippen molar-refractivity contribution < 1.29 is 24.9 Å². The Morgan fingerprint density at radius 3 is 2.82 bits per heavy atom. The maximum atomic E-state index is 11.7. The van der Waals surface area contributed by atoms with Gasteiger partial charge in [0, 0.05) is 13.2 Å². The van der Waals surface area contributed by atoms with Crippen LogP contribution < -0.4 is 11.1 Å². The number of carbonyl (C=O) groups is 1. The summed E-state index contributed by atoms with van der Waals surface area (Å²) in [5, 5.41) is 36.1. The number of hydrogen-bond acceptors (Lipinski definition) is 10. The molecule has 13 heteroatoms. The maximum Gasteiger partial charge on any atom is 0.271 e. The zero-order valence-electron chi connectivity index (χ0n) is 14.7. The van der Waals surface area contributed by atoms with Gasteiger partial charge < -0.3 is 31.1 Å². The first-order valence-corrected chi connectivity index (χ1v) is 8.35. The van der Waals surface area contributed by atoms with Crippen molar-refractivity contribution in [3.63, 3.8) is 0 Å². The Bertz CT molecular complexity index is 1030. The number of nitrogen functional groups attached to an aromatic ring is 1. The summed E-state index contributed by atoms with van der Waals surface area (Å²) in [4.78, 5) is 24.3. The summed E-state index contributed by atoms with van der Waals surface area (Å²) >= 11 is 0. The molecular formula is C15H18N8O5. The molecule has 13 nitrogen and oxygen atoms in total. The van der Waals surface area contributed by atoms with Gasteiger partial charge in [-0.25, -0.2) is 9.67 Å². The largest absolute Gasteiger partial charge is 0.394 e. The number of nitrogens with one attached hydrogen (secondary N) is 1. The first-order valence-electron chi connectivity index (χ1n) is 8.35. The first-order chi connectivity index (χ1) is 13.4. The number of amides is 1. The molecule has 1 unspecified atom stereocenters. The number of imidazole rings is 1. The monoisotopic (exact) mass is 390 g/mol. The van der Waals surface area contributed by atoms with Gasteiger partial charge in [0.25, 0.3) is 11.9 Å². The summed E-state index contributed by atoms with van der Waals surface area (Å²) in [7, 11) is 1.49. The highest BCUT2D eigenvalue weighted by Crippen LogP contribution is 2.32. The Labute approximate surface area is 157 Å². The van der Waals surface area contributed by atoms with E-state index >= 15 is 0 Å². The van der Waals surface area contributed by atoms with Crippen LogP contribution >= 0.6 is 0 Å². The molecule has 6 N–H and O–H groups in total. The van der Waals surface area contributed by atoms with Crippen LogP contribution in [0.4, 0.5) is 5.82 Å². The minimum atomic E-state index is -1.31. The lowest BCUT2D eigenvalue weighted by molar-refractivity contribution is -0.0511. The summed E-state index contributed by atoms with van der Waals surface area (Å²) in [6, 6.07) is 1.49. The number of ether oxygens (including phenoxy) is 1. The first kappa shape index (κ1) is 18.2. The number of aromatic nitrogens is 6. The molecule has 1 fully saturated rings. The SMILES string of the molecule is CNC(=O)c1ccn(-c2nc(N)c3ncn([C@@H]4O[C@H](CO)C(O)[C@@H]4O)c3n2)n1. The Balaban J connectivity index is 1.77. The fourth-order valence-corrected chi connectivity index (χ4v) is 3.01. The van der Waals surface area contributed by atoms with Crippen LogP contribution in [0.15, 0.2) is 18.6 Å². The number of carbonyl (C=O) groups excluding carboxylic acids is 1. The standard InChI is InChI=1S/C15H18N8O5/c1-17-13(27)6-2-3-23(21-6)15-19-11(16)8-12(20-15)22(5-18-8)14-10(26)9(25)7(4-24)28-14/h2-3,5,7,9-10,14,24-26H,4H2,1H3,(H,17,27)(H2,16,19,20)/t7-,9?,10+,14-/m1/s1. The number of aliphatic hydroxyl groups excluding tert-OH is 3. The van der Waals surface area contributed by atoms with Crippen LogP contribution in [0.25, 0.3) is 17.1 Å². The van der Waals surface area contributed by atoms with Gasteiger partial charge in [0.05, 0.1) is 12.9 Å². The zero-order valence-corrected chi connectivity index (χ0v) is 14.7. The Morgan fingerprint density at radius 2 is 2.14 bits per heavy atom. The van der Waals surface area contributed by atoms with Crippen molar-refractivity contribution in [2.75, 3.05) is 19.4 Å². The van der Waals surface area contributed by atoms with Crippen molar-refractivity contribution in [1.29, 1.82) is 0 Å². The molecule has 0 radical (unpaired) electrons. The second kappa shape index (κ2) is 6.79. The van der Waals surface area contributed by atoms with Crippen LogP contribution in [-0.2, 0) is 4.74 Å². The quantitative estimate of drug-likeness (QED) is 0.320. The predicted molar refractivity (Wildman–Crippen MR) is 93.3 cm³/mol. The van der Waals surface area contributed by atoms with Gasteiger partial charge in [-0.2, -0.15) is 15.1 Å². The molecule has 0 aliphatic carbocycles. The van der Waals surface area contributed by atoms with E-state index in [0.717, 1.165) is 0 Å². The van der Waals surface area contributed by atoms with Crippen LogP contribution in [-0.4, -0.2) is 82.5 Å². The molecule has 3 aromatic heterocycles. The average molecular weight is 390 g/mol. The molecule has 1 aliphatic rings. The number of aliphatic hydroxyl groups is 3. The lowest BCUT2D eigenvalue weighted by Crippen LogP contribution is -2.33. The highest BCUT2D eigenvalue weighted by Gasteiger charge is 2.44. The molecule has 1 amide bonds. The van der Waals surface area contributed by atoms with Gasteiger partial charge in [0.2, 0.25) is 0 Å². The highest BCUT2D eigenvalue weighted by atomic mass is 16.6. The molecule has 0 saturated carbocycles. The number of nitrogens with zero attached hydrogens (tertiary/aromatic N) is 6. The molecule has 1 saturated heterocycles. The average Bonchev–Trinajstić information content (AvgIpc) is 3.40. The summed E-state index contributed by atoms with van der Waals surface area (Å²) in [5.41, 5.74) is 6.64. The number of rotatable bonds is 4. The number of fused-ring (bicyclic) bond motifs is 1. The van der Waals surface area contributed by atoms with Crippen molar-refractivity contribution in [1.82, 2.24) is 34.6 Å². The summed E-state index contributed by atoms with van der Waals surface area (Å²) in [5.74, 6) is -0.236. The van der Waals surface area contributed by atoms with E-state index in [1.165, 1.54) is 34.9 Å². The third kappa shape index (κ3) is 2.77. The van der Waals surface area contributed by atoms with E-state index in [4.69, 9.17) is 10.5 Å². The van der Waals surface area contributed by atoms with Gasteiger partial charge in [0.1, 0.15) is 23.8 Å². The summed E-state index contributed by atoms with van der Waals surface area (Å²) < 4.78 is 8.18. The van der Waals surface area contributed by atoms with Crippen LogP contribution in [0.3, 0.4) is 0 Å². The van der Waals surface area contributed by atoms with E-state index in [1.807, 2.05) is 0 Å². The van der Waals surface area contributed by atoms with Gasteiger partial charge in [-0.05, 0) is 6.07 Å². The van der Waals surface area contributed by atoms with Gasteiger partial charge >= 0.3 is 0 Å². The van der Waals surface area contributed by atoms with E-state index in [9.17, 15) is 20.1 Å². The zero-order chi connectivity index (χ0) is 20.0. The number of hydrogen-bond donors (Lipinski definition) is 5. The van der Waals surface area contributed by atoms with Crippen molar-refractivity contribution in [3.05, 3.63) is 24.3 Å². The van der Waals surface area contributed by atoms with E-state index in [0.29, 0.717) is 0 Å². The van der Waals surface area contributed by atoms with E-state index < -0.39 is 31.1 Å². The lowest BCUT2D eigenvalue weighted by Gasteiger charge is -2.16. The van der Waals surface area contributed by atoms with E-state index in [1.54, 1.807) is 0 Å². The molecular weight excluding hydrogens is 372 g/mol. The van der Waals surface area contributed by atoms with Crippen molar-refractivity contribution >= 4 is 22.9 Å². The third-order valence-electron chi connectivity index (χ3n) is 4.48. The Hall–Kier alpha value is -3.13. The molecule has 148 valence electrons. The van der Waals surface area contributed by atoms with Crippen LogP contribution in [0, 0.1) is 0 Å².